The first-order valence-electron chi connectivity index (χ1n) is 7.10. The Kier molecular flexibility index (Phi) is 3.85. The average molecular weight is 273 g/mol. The van der Waals surface area contributed by atoms with Gasteiger partial charge in [-0.3, -0.25) is 9.69 Å². The summed E-state index contributed by atoms with van der Waals surface area (Å²) in [5, 5.41) is 9.86. The number of fused-ring (bicyclic) bond motifs is 1. The molecule has 4 nitrogen and oxygen atoms in total. The number of likely N-dealkylation sites (tertiary alicyclic amines) is 1. The molecule has 2 aromatic rings. The van der Waals surface area contributed by atoms with Gasteiger partial charge in [-0.2, -0.15) is 0 Å². The molecule has 2 heterocycles. The molecular weight excluding hydrogens is 254 g/mol. The molecule has 1 aliphatic rings. The van der Waals surface area contributed by atoms with Gasteiger partial charge < -0.3 is 9.52 Å². The molecule has 4 heteroatoms. The van der Waals surface area contributed by atoms with Crippen LogP contribution in [0.5, 0.6) is 0 Å². The maximum atomic E-state index is 12.4. The summed E-state index contributed by atoms with van der Waals surface area (Å²) in [6.45, 7) is 2.51. The van der Waals surface area contributed by atoms with Crippen LogP contribution in [0.15, 0.2) is 34.9 Å². The predicted molar refractivity (Wildman–Crippen MR) is 76.8 cm³/mol. The van der Waals surface area contributed by atoms with E-state index in [9.17, 15) is 4.79 Å². The maximum Gasteiger partial charge on any atom is 0.180 e. The normalized spacial score (nSPS) is 19.8. The van der Waals surface area contributed by atoms with Crippen molar-refractivity contribution in [1.82, 2.24) is 4.90 Å². The second-order valence-electron chi connectivity index (χ2n) is 5.47. The number of nitrogens with zero attached hydrogens (tertiary/aromatic N) is 1. The van der Waals surface area contributed by atoms with Crippen molar-refractivity contribution in [2.75, 3.05) is 26.2 Å². The fourth-order valence-electron chi connectivity index (χ4n) is 2.96. The summed E-state index contributed by atoms with van der Waals surface area (Å²) >= 11 is 0. The van der Waals surface area contributed by atoms with Crippen molar-refractivity contribution < 1.29 is 14.3 Å². The van der Waals surface area contributed by atoms with Crippen molar-refractivity contribution >= 4 is 16.8 Å². The monoisotopic (exact) mass is 273 g/mol. The summed E-state index contributed by atoms with van der Waals surface area (Å²) < 4.78 is 5.42. The van der Waals surface area contributed by atoms with E-state index in [0.717, 1.165) is 36.9 Å². The summed E-state index contributed by atoms with van der Waals surface area (Å²) in [5.74, 6) is 0.633. The zero-order chi connectivity index (χ0) is 13.9. The number of carbonyl (C=O) groups is 1. The minimum atomic E-state index is 0.111. The zero-order valence-corrected chi connectivity index (χ0v) is 11.4. The van der Waals surface area contributed by atoms with Crippen molar-refractivity contribution in [3.8, 4) is 0 Å². The number of aliphatic hydroxyl groups excluding tert-OH is 1. The van der Waals surface area contributed by atoms with E-state index in [1.54, 1.807) is 6.26 Å². The fourth-order valence-corrected chi connectivity index (χ4v) is 2.96. The smallest absolute Gasteiger partial charge is 0.180 e. The average Bonchev–Trinajstić information content (AvgIpc) is 3.06. The Hall–Kier alpha value is -1.65. The SMILES string of the molecule is O=C(CN1CCC(CCO)C1)c1coc2ccccc12. The number of furan rings is 1. The van der Waals surface area contributed by atoms with Gasteiger partial charge in [-0.1, -0.05) is 18.2 Å². The first-order valence-corrected chi connectivity index (χ1v) is 7.10. The third-order valence-electron chi connectivity index (χ3n) is 4.06. The van der Waals surface area contributed by atoms with E-state index in [2.05, 4.69) is 4.90 Å². The van der Waals surface area contributed by atoms with E-state index in [-0.39, 0.29) is 12.4 Å². The minimum absolute atomic E-state index is 0.111. The highest BCUT2D eigenvalue weighted by molar-refractivity contribution is 6.08. The van der Waals surface area contributed by atoms with Crippen LogP contribution in [0.25, 0.3) is 11.0 Å². The van der Waals surface area contributed by atoms with E-state index in [0.29, 0.717) is 18.0 Å². The number of carbonyl (C=O) groups excluding carboxylic acids is 1. The second kappa shape index (κ2) is 5.77. The van der Waals surface area contributed by atoms with Gasteiger partial charge in [0.15, 0.2) is 5.78 Å². The molecule has 1 aromatic heterocycles. The Morgan fingerprint density at radius 2 is 2.25 bits per heavy atom. The summed E-state index contributed by atoms with van der Waals surface area (Å²) in [7, 11) is 0. The first kappa shape index (κ1) is 13.3. The second-order valence-corrected chi connectivity index (χ2v) is 5.47. The summed E-state index contributed by atoms with van der Waals surface area (Å²) in [6, 6.07) is 7.62. The number of ketones is 1. The van der Waals surface area contributed by atoms with Crippen molar-refractivity contribution in [3.05, 3.63) is 36.1 Å². The Morgan fingerprint density at radius 3 is 3.10 bits per heavy atom. The zero-order valence-electron chi connectivity index (χ0n) is 11.4. The van der Waals surface area contributed by atoms with Crippen LogP contribution >= 0.6 is 0 Å². The Morgan fingerprint density at radius 1 is 1.40 bits per heavy atom. The molecule has 0 radical (unpaired) electrons. The number of para-hydroxylation sites is 1. The molecule has 106 valence electrons. The van der Waals surface area contributed by atoms with Gasteiger partial charge in [0.25, 0.3) is 0 Å². The van der Waals surface area contributed by atoms with Gasteiger partial charge in [-0.05, 0) is 31.4 Å². The van der Waals surface area contributed by atoms with Crippen LogP contribution in [0.2, 0.25) is 0 Å². The lowest BCUT2D eigenvalue weighted by molar-refractivity contribution is 0.0943. The summed E-state index contributed by atoms with van der Waals surface area (Å²) in [4.78, 5) is 14.6. The Labute approximate surface area is 118 Å². The Balaban J connectivity index is 1.68. The fraction of sp³-hybridized carbons (Fsp3) is 0.438. The van der Waals surface area contributed by atoms with E-state index >= 15 is 0 Å². The molecule has 0 spiro atoms. The lowest BCUT2D eigenvalue weighted by atomic mass is 10.1. The van der Waals surface area contributed by atoms with Gasteiger partial charge in [0.2, 0.25) is 0 Å². The molecule has 1 unspecified atom stereocenters. The number of benzene rings is 1. The molecular formula is C16H19NO3. The molecule has 1 aliphatic heterocycles. The number of rotatable bonds is 5. The van der Waals surface area contributed by atoms with Gasteiger partial charge >= 0.3 is 0 Å². The van der Waals surface area contributed by atoms with Gasteiger partial charge in [0.05, 0.1) is 12.1 Å². The van der Waals surface area contributed by atoms with Gasteiger partial charge in [-0.25, -0.2) is 0 Å². The van der Waals surface area contributed by atoms with Crippen LogP contribution in [-0.4, -0.2) is 42.0 Å². The van der Waals surface area contributed by atoms with Crippen molar-refractivity contribution in [2.45, 2.75) is 12.8 Å². The molecule has 3 rings (SSSR count). The van der Waals surface area contributed by atoms with Crippen LogP contribution in [0.3, 0.4) is 0 Å². The standard InChI is InChI=1S/C16H19NO3/c18-8-6-12-5-7-17(9-12)10-15(19)14-11-20-16-4-2-1-3-13(14)16/h1-4,11-12,18H,5-10H2. The topological polar surface area (TPSA) is 53.7 Å². The quantitative estimate of drug-likeness (QED) is 0.849. The Bertz CT molecular complexity index is 605. The summed E-state index contributed by atoms with van der Waals surface area (Å²) in [5.41, 5.74) is 1.43. The highest BCUT2D eigenvalue weighted by atomic mass is 16.3. The van der Waals surface area contributed by atoms with Crippen LogP contribution in [0, 0.1) is 5.92 Å². The van der Waals surface area contributed by atoms with E-state index in [1.165, 1.54) is 0 Å². The van der Waals surface area contributed by atoms with Crippen molar-refractivity contribution in [2.24, 2.45) is 5.92 Å². The van der Waals surface area contributed by atoms with E-state index in [4.69, 9.17) is 9.52 Å². The van der Waals surface area contributed by atoms with Crippen LogP contribution < -0.4 is 0 Å². The van der Waals surface area contributed by atoms with Crippen molar-refractivity contribution in [3.63, 3.8) is 0 Å². The lowest BCUT2D eigenvalue weighted by Gasteiger charge is -2.14. The van der Waals surface area contributed by atoms with Crippen molar-refractivity contribution in [1.29, 1.82) is 0 Å². The minimum Gasteiger partial charge on any atom is -0.464 e. The maximum absolute atomic E-state index is 12.4. The van der Waals surface area contributed by atoms with Gasteiger partial charge in [-0.15, -0.1) is 0 Å². The predicted octanol–water partition coefficient (Wildman–Crippen LogP) is 2.32. The van der Waals surface area contributed by atoms with Crippen LogP contribution in [0.1, 0.15) is 23.2 Å². The molecule has 0 saturated carbocycles. The molecule has 1 N–H and O–H groups in total. The third-order valence-corrected chi connectivity index (χ3v) is 4.06. The largest absolute Gasteiger partial charge is 0.464 e. The van der Waals surface area contributed by atoms with Crippen LogP contribution in [0.4, 0.5) is 0 Å². The lowest BCUT2D eigenvalue weighted by Crippen LogP contribution is -2.27. The first-order chi connectivity index (χ1) is 9.78. The molecule has 20 heavy (non-hydrogen) atoms. The van der Waals surface area contributed by atoms with Crippen LogP contribution in [-0.2, 0) is 0 Å². The highest BCUT2D eigenvalue weighted by Crippen LogP contribution is 2.23. The van der Waals surface area contributed by atoms with Gasteiger partial charge in [0, 0.05) is 18.5 Å². The molecule has 0 bridgehead atoms. The van der Waals surface area contributed by atoms with E-state index < -0.39 is 0 Å². The molecule has 0 amide bonds. The summed E-state index contributed by atoms with van der Waals surface area (Å²) in [6.07, 6.45) is 3.47. The third kappa shape index (κ3) is 2.62. The molecule has 1 saturated heterocycles. The highest BCUT2D eigenvalue weighted by Gasteiger charge is 2.24. The molecule has 0 aliphatic carbocycles. The number of hydrogen-bond acceptors (Lipinski definition) is 4. The molecule has 1 atom stereocenters. The molecule has 1 aromatic carbocycles. The molecule has 1 fully saturated rings. The number of hydrogen-bond donors (Lipinski definition) is 1. The van der Waals surface area contributed by atoms with E-state index in [1.807, 2.05) is 24.3 Å². The van der Waals surface area contributed by atoms with Gasteiger partial charge in [0.1, 0.15) is 11.8 Å². The number of aliphatic hydroxyl groups is 1. The number of Topliss-reactive ketones (excluding diaryl/α,β-unsaturated/α-hetero) is 1.